The Balaban J connectivity index is 0.000000459. The first-order chi connectivity index (χ1) is 8.92. The number of ether oxygens (including phenoxy) is 1. The Kier molecular flexibility index (Phi) is 7.90. The number of nitrogens with two attached hydrogens (primary N) is 1. The van der Waals surface area contributed by atoms with Gasteiger partial charge in [0.25, 0.3) is 0 Å². The van der Waals surface area contributed by atoms with Crippen LogP contribution in [0.25, 0.3) is 0 Å². The van der Waals surface area contributed by atoms with Crippen LogP contribution in [0.4, 0.5) is 0 Å². The summed E-state index contributed by atoms with van der Waals surface area (Å²) in [5, 5.41) is 14.8. The van der Waals surface area contributed by atoms with Gasteiger partial charge in [-0.2, -0.15) is 0 Å². The van der Waals surface area contributed by atoms with Crippen LogP contribution in [0.2, 0.25) is 0 Å². The number of carboxylic acids is 2. The molecule has 106 valence electrons. The summed E-state index contributed by atoms with van der Waals surface area (Å²) in [5.41, 5.74) is 3.85. The third-order valence-corrected chi connectivity index (χ3v) is 2.12. The lowest BCUT2D eigenvalue weighted by molar-refractivity contribution is -0.159. The van der Waals surface area contributed by atoms with E-state index in [0.717, 1.165) is 11.3 Å². The summed E-state index contributed by atoms with van der Waals surface area (Å²) in [6.45, 7) is 4.68. The third-order valence-electron chi connectivity index (χ3n) is 2.12. The molecule has 0 aliphatic rings. The van der Waals surface area contributed by atoms with Crippen molar-refractivity contribution < 1.29 is 24.5 Å². The summed E-state index contributed by atoms with van der Waals surface area (Å²) in [7, 11) is 0. The summed E-state index contributed by atoms with van der Waals surface area (Å²) < 4.78 is 5.32. The van der Waals surface area contributed by atoms with Gasteiger partial charge in [-0.15, -0.1) is 0 Å². The Bertz CT molecular complexity index is 393. The fraction of sp³-hybridized carbons (Fsp3) is 0.333. The van der Waals surface area contributed by atoms with E-state index in [1.165, 1.54) is 0 Å². The summed E-state index contributed by atoms with van der Waals surface area (Å²) in [5.74, 6) is 2.57. The number of carbonyl (C=O) groups is 2. The largest absolute Gasteiger partial charge is 0.494 e. The third kappa shape index (κ3) is 7.02. The van der Waals surface area contributed by atoms with Crippen molar-refractivity contribution in [3.63, 3.8) is 0 Å². The minimum atomic E-state index is -1.82. The van der Waals surface area contributed by atoms with Crippen molar-refractivity contribution in [3.05, 3.63) is 29.8 Å². The molecule has 1 atom stereocenters. The Morgan fingerprint density at radius 1 is 1.26 bits per heavy atom. The molecular weight excluding hydrogens is 252 g/mol. The lowest BCUT2D eigenvalue weighted by Gasteiger charge is -2.10. The van der Waals surface area contributed by atoms with Crippen LogP contribution in [0, 0.1) is 0 Å². The van der Waals surface area contributed by atoms with Crippen molar-refractivity contribution in [2.75, 3.05) is 6.61 Å². The van der Waals surface area contributed by atoms with Crippen molar-refractivity contribution in [1.82, 2.24) is 5.43 Å². The average Bonchev–Trinajstić information content (AvgIpc) is 2.39. The SMILES string of the molecule is CCOc1ccc(C(C)NN)cc1.O=C(O)C(=O)O. The molecule has 1 aromatic rings. The molecular formula is C12H18N2O5. The smallest absolute Gasteiger partial charge is 0.414 e. The van der Waals surface area contributed by atoms with Gasteiger partial charge < -0.3 is 14.9 Å². The Morgan fingerprint density at radius 2 is 1.74 bits per heavy atom. The van der Waals surface area contributed by atoms with Crippen LogP contribution in [-0.2, 0) is 9.59 Å². The number of rotatable bonds is 4. The molecule has 7 heteroatoms. The van der Waals surface area contributed by atoms with Crippen LogP contribution in [-0.4, -0.2) is 28.8 Å². The van der Waals surface area contributed by atoms with Crippen molar-refractivity contribution in [2.45, 2.75) is 19.9 Å². The molecule has 0 saturated heterocycles. The van der Waals surface area contributed by atoms with Crippen LogP contribution in [0.5, 0.6) is 5.75 Å². The molecule has 0 radical (unpaired) electrons. The van der Waals surface area contributed by atoms with E-state index in [4.69, 9.17) is 30.4 Å². The molecule has 5 N–H and O–H groups in total. The molecule has 0 aromatic heterocycles. The molecule has 0 bridgehead atoms. The molecule has 0 saturated carbocycles. The normalized spacial score (nSPS) is 10.9. The second kappa shape index (κ2) is 8.90. The van der Waals surface area contributed by atoms with E-state index in [0.29, 0.717) is 6.61 Å². The number of hydrogen-bond donors (Lipinski definition) is 4. The number of benzene rings is 1. The van der Waals surface area contributed by atoms with E-state index >= 15 is 0 Å². The van der Waals surface area contributed by atoms with Gasteiger partial charge in [-0.1, -0.05) is 12.1 Å². The fourth-order valence-corrected chi connectivity index (χ4v) is 1.12. The second-order valence-corrected chi connectivity index (χ2v) is 3.50. The zero-order chi connectivity index (χ0) is 14.8. The maximum Gasteiger partial charge on any atom is 0.414 e. The predicted molar refractivity (Wildman–Crippen MR) is 68.6 cm³/mol. The Morgan fingerprint density at radius 3 is 2.05 bits per heavy atom. The highest BCUT2D eigenvalue weighted by Crippen LogP contribution is 2.16. The van der Waals surface area contributed by atoms with Gasteiger partial charge in [0.05, 0.1) is 6.61 Å². The zero-order valence-electron chi connectivity index (χ0n) is 10.8. The summed E-state index contributed by atoms with van der Waals surface area (Å²) >= 11 is 0. The molecule has 0 fully saturated rings. The molecule has 1 unspecified atom stereocenters. The maximum absolute atomic E-state index is 9.10. The van der Waals surface area contributed by atoms with E-state index in [1.54, 1.807) is 0 Å². The van der Waals surface area contributed by atoms with Gasteiger partial charge in [-0.3, -0.25) is 11.3 Å². The first-order valence-corrected chi connectivity index (χ1v) is 5.57. The summed E-state index contributed by atoms with van der Waals surface area (Å²) in [6, 6.07) is 8.10. The Hall–Kier alpha value is -2.12. The minimum absolute atomic E-state index is 0.177. The summed E-state index contributed by atoms with van der Waals surface area (Å²) in [6.07, 6.45) is 0. The molecule has 0 amide bonds. The van der Waals surface area contributed by atoms with Gasteiger partial charge >= 0.3 is 11.9 Å². The van der Waals surface area contributed by atoms with Crippen LogP contribution in [0.1, 0.15) is 25.5 Å². The van der Waals surface area contributed by atoms with E-state index in [-0.39, 0.29) is 6.04 Å². The van der Waals surface area contributed by atoms with Crippen LogP contribution < -0.4 is 16.0 Å². The highest BCUT2D eigenvalue weighted by Gasteiger charge is 2.04. The van der Waals surface area contributed by atoms with Crippen molar-refractivity contribution >= 4 is 11.9 Å². The molecule has 1 aromatic carbocycles. The molecule has 0 spiro atoms. The molecule has 0 aliphatic heterocycles. The standard InChI is InChI=1S/C10H16N2O.C2H2O4/c1-3-13-10-6-4-9(5-7-10)8(2)12-11;3-1(4)2(5)6/h4-8,12H,3,11H2,1-2H3;(H,3,4)(H,5,6). The zero-order valence-corrected chi connectivity index (χ0v) is 10.8. The first-order valence-electron chi connectivity index (χ1n) is 5.57. The average molecular weight is 270 g/mol. The quantitative estimate of drug-likeness (QED) is 0.362. The highest BCUT2D eigenvalue weighted by atomic mass is 16.5. The molecule has 0 aliphatic carbocycles. The number of hydrogen-bond acceptors (Lipinski definition) is 5. The highest BCUT2D eigenvalue weighted by molar-refractivity contribution is 6.27. The van der Waals surface area contributed by atoms with Gasteiger partial charge in [-0.05, 0) is 31.5 Å². The molecule has 0 heterocycles. The molecule has 7 nitrogen and oxygen atoms in total. The number of carboxylic acid groups (broad SMARTS) is 2. The second-order valence-electron chi connectivity index (χ2n) is 3.50. The maximum atomic E-state index is 9.10. The van der Waals surface area contributed by atoms with Crippen LogP contribution in [0.3, 0.4) is 0 Å². The topological polar surface area (TPSA) is 122 Å². The van der Waals surface area contributed by atoms with Gasteiger partial charge in [0, 0.05) is 6.04 Å². The van der Waals surface area contributed by atoms with Crippen molar-refractivity contribution in [1.29, 1.82) is 0 Å². The number of nitrogens with one attached hydrogen (secondary N) is 1. The van der Waals surface area contributed by atoms with Gasteiger partial charge in [0.1, 0.15) is 5.75 Å². The first kappa shape index (κ1) is 16.9. The van der Waals surface area contributed by atoms with E-state index < -0.39 is 11.9 Å². The minimum Gasteiger partial charge on any atom is -0.494 e. The van der Waals surface area contributed by atoms with Gasteiger partial charge in [0.15, 0.2) is 0 Å². The van der Waals surface area contributed by atoms with Crippen molar-refractivity contribution in [2.24, 2.45) is 5.84 Å². The molecule has 1 rings (SSSR count). The number of aliphatic carboxylic acids is 2. The van der Waals surface area contributed by atoms with Crippen LogP contribution in [0.15, 0.2) is 24.3 Å². The lowest BCUT2D eigenvalue weighted by Crippen LogP contribution is -2.25. The lowest BCUT2D eigenvalue weighted by atomic mass is 10.1. The monoisotopic (exact) mass is 270 g/mol. The van der Waals surface area contributed by atoms with Crippen LogP contribution >= 0.6 is 0 Å². The molecule has 19 heavy (non-hydrogen) atoms. The number of hydrazine groups is 1. The van der Waals surface area contributed by atoms with E-state index in [1.807, 2.05) is 38.1 Å². The van der Waals surface area contributed by atoms with Gasteiger partial charge in [-0.25, -0.2) is 9.59 Å². The van der Waals surface area contributed by atoms with E-state index in [2.05, 4.69) is 5.43 Å². The summed E-state index contributed by atoms with van der Waals surface area (Å²) in [4.78, 5) is 18.2. The Labute approximate surface area is 111 Å². The predicted octanol–water partition coefficient (Wildman–Crippen LogP) is 0.765. The van der Waals surface area contributed by atoms with Gasteiger partial charge in [0.2, 0.25) is 0 Å². The van der Waals surface area contributed by atoms with Crippen molar-refractivity contribution in [3.8, 4) is 5.75 Å². The van der Waals surface area contributed by atoms with E-state index in [9.17, 15) is 0 Å². The fourth-order valence-electron chi connectivity index (χ4n) is 1.12.